The van der Waals surface area contributed by atoms with Crippen molar-refractivity contribution in [3.63, 3.8) is 0 Å². The number of hydrogen-bond acceptors (Lipinski definition) is 6. The van der Waals surface area contributed by atoms with Crippen LogP contribution in [0.1, 0.15) is 55.4 Å². The van der Waals surface area contributed by atoms with Gasteiger partial charge >= 0.3 is 14.0 Å². The Kier molecular flexibility index (Phi) is 4.35. The summed E-state index contributed by atoms with van der Waals surface area (Å²) in [5.74, 6) is 0. The highest BCUT2D eigenvalue weighted by Crippen LogP contribution is 2.42. The van der Waals surface area contributed by atoms with Gasteiger partial charge in [0.25, 0.3) is 0 Å². The summed E-state index contributed by atoms with van der Waals surface area (Å²) in [6.07, 6.45) is 0. The van der Waals surface area contributed by atoms with Gasteiger partial charge in [-0.25, -0.2) is 0 Å². The molecule has 20 heavy (non-hydrogen) atoms. The van der Waals surface area contributed by atoms with Crippen LogP contribution in [0.4, 0.5) is 0 Å². The van der Waals surface area contributed by atoms with Crippen molar-refractivity contribution < 1.29 is 18.6 Å². The minimum atomic E-state index is -0.476. The lowest BCUT2D eigenvalue weighted by Gasteiger charge is -2.32. The summed E-state index contributed by atoms with van der Waals surface area (Å²) in [5, 5.41) is 12.0. The van der Waals surface area contributed by atoms with Gasteiger partial charge in [-0.3, -0.25) is 0 Å². The van der Waals surface area contributed by atoms with Gasteiger partial charge in [0.05, 0.1) is 22.4 Å². The highest BCUT2D eigenvalue weighted by atomic mass is 16.7. The van der Waals surface area contributed by atoms with Gasteiger partial charge in [-0.15, -0.1) is 0 Å². The maximum atomic E-state index is 6.00. The Hall–Kier alpha value is -0.610. The van der Waals surface area contributed by atoms with E-state index in [1.165, 1.54) is 0 Å². The molecule has 2 aliphatic heterocycles. The SMILES string of the molecule is CC1(C)OB(B2OC(C)(C)C(C)(C)O2)OC1(C)C.N#N. The summed E-state index contributed by atoms with van der Waals surface area (Å²) in [6, 6.07) is 0. The molecule has 0 radical (unpaired) electrons. The number of hydrogen-bond donors (Lipinski definition) is 0. The first-order valence-corrected chi connectivity index (χ1v) is 6.79. The van der Waals surface area contributed by atoms with Crippen molar-refractivity contribution >= 4 is 14.0 Å². The smallest absolute Gasteiger partial charge is 0.405 e. The van der Waals surface area contributed by atoms with Crippen LogP contribution in [0.5, 0.6) is 0 Å². The molecule has 0 N–H and O–H groups in total. The van der Waals surface area contributed by atoms with Gasteiger partial charge in [-0.2, -0.15) is 0 Å². The van der Waals surface area contributed by atoms with Crippen LogP contribution < -0.4 is 0 Å². The third-order valence-electron chi connectivity index (χ3n) is 4.77. The lowest BCUT2D eigenvalue weighted by Crippen LogP contribution is -2.41. The Morgan fingerprint density at radius 2 is 0.650 bits per heavy atom. The zero-order valence-corrected chi connectivity index (χ0v) is 13.7. The predicted molar refractivity (Wildman–Crippen MR) is 75.6 cm³/mol. The van der Waals surface area contributed by atoms with Crippen LogP contribution in [0.25, 0.3) is 0 Å². The van der Waals surface area contributed by atoms with E-state index in [1.54, 1.807) is 0 Å². The zero-order chi connectivity index (χ0) is 16.0. The van der Waals surface area contributed by atoms with E-state index in [2.05, 4.69) is 0 Å². The van der Waals surface area contributed by atoms with Gasteiger partial charge in [0.1, 0.15) is 0 Å². The highest BCUT2D eigenvalue weighted by molar-refractivity contribution is 7.11. The summed E-state index contributed by atoms with van der Waals surface area (Å²) in [5.41, 5.74) is -1.44. The molecule has 0 aliphatic carbocycles. The van der Waals surface area contributed by atoms with Gasteiger partial charge in [0.15, 0.2) is 0 Å². The van der Waals surface area contributed by atoms with Crippen LogP contribution in [0.15, 0.2) is 0 Å². The molecule has 0 aromatic carbocycles. The van der Waals surface area contributed by atoms with Crippen molar-refractivity contribution in [2.75, 3.05) is 0 Å². The van der Waals surface area contributed by atoms with Crippen LogP contribution in [-0.2, 0) is 18.6 Å². The molecule has 0 unspecified atom stereocenters. The fourth-order valence-electron chi connectivity index (χ4n) is 2.00. The van der Waals surface area contributed by atoms with E-state index in [4.69, 9.17) is 29.4 Å². The van der Waals surface area contributed by atoms with E-state index in [0.717, 1.165) is 0 Å². The third kappa shape index (κ3) is 2.73. The fourth-order valence-corrected chi connectivity index (χ4v) is 2.00. The van der Waals surface area contributed by atoms with E-state index in [1.807, 2.05) is 55.4 Å². The molecule has 6 nitrogen and oxygen atoms in total. The molecule has 2 fully saturated rings. The summed E-state index contributed by atoms with van der Waals surface area (Å²) < 4.78 is 23.8. The Labute approximate surface area is 122 Å². The van der Waals surface area contributed by atoms with Crippen LogP contribution in [0.3, 0.4) is 0 Å². The lowest BCUT2D eigenvalue weighted by molar-refractivity contribution is 0.00578. The maximum absolute atomic E-state index is 6.00. The number of nitrogens with zero attached hydrogens (tertiary/aromatic N) is 2. The maximum Gasteiger partial charge on any atom is 0.488 e. The third-order valence-corrected chi connectivity index (χ3v) is 4.77. The fraction of sp³-hybridized carbons (Fsp3) is 1.00. The molecule has 0 aromatic heterocycles. The zero-order valence-electron chi connectivity index (χ0n) is 13.7. The molecule has 0 amide bonds. The second-order valence-corrected chi connectivity index (χ2v) is 7.25. The van der Waals surface area contributed by atoms with Crippen LogP contribution in [0, 0.1) is 10.8 Å². The van der Waals surface area contributed by atoms with Crippen molar-refractivity contribution in [1.82, 2.24) is 0 Å². The second kappa shape index (κ2) is 4.99. The Morgan fingerprint density at radius 3 is 0.800 bits per heavy atom. The molecular formula is C12H24B2N2O4. The lowest BCUT2D eigenvalue weighted by atomic mass is 9.49. The van der Waals surface area contributed by atoms with Crippen LogP contribution in [-0.4, -0.2) is 36.4 Å². The summed E-state index contributed by atoms with van der Waals surface area (Å²) in [4.78, 5) is 0. The molecule has 2 saturated heterocycles. The second-order valence-electron chi connectivity index (χ2n) is 7.25. The first-order valence-electron chi connectivity index (χ1n) is 6.79. The van der Waals surface area contributed by atoms with Gasteiger partial charge in [-0.1, -0.05) is 0 Å². The molecule has 0 aromatic rings. The standard InChI is InChI=1S/C12H24B2O4.N2/c1-9(2)10(3,4)16-13(15-9)14-17-11(5,6)12(7,8)18-14;1-2/h1-8H3;. The minimum absolute atomic E-state index is 0.360. The van der Waals surface area contributed by atoms with Crippen LogP contribution >= 0.6 is 0 Å². The first-order chi connectivity index (χ1) is 8.88. The molecular weight excluding hydrogens is 258 g/mol. The summed E-state index contributed by atoms with van der Waals surface area (Å²) in [7, 11) is -0.952. The molecule has 2 heterocycles. The van der Waals surface area contributed by atoms with Crippen LogP contribution in [0.2, 0.25) is 0 Å². The van der Waals surface area contributed by atoms with Gasteiger partial charge in [0, 0.05) is 10.8 Å². The van der Waals surface area contributed by atoms with Crippen molar-refractivity contribution in [3.8, 4) is 0 Å². The van der Waals surface area contributed by atoms with Crippen molar-refractivity contribution in [2.45, 2.75) is 77.8 Å². The van der Waals surface area contributed by atoms with Gasteiger partial charge in [-0.05, 0) is 55.4 Å². The first kappa shape index (κ1) is 17.4. The molecule has 0 bridgehead atoms. The van der Waals surface area contributed by atoms with Gasteiger partial charge < -0.3 is 18.6 Å². The average molecular weight is 282 g/mol. The highest BCUT2D eigenvalue weighted by Gasteiger charge is 2.63. The molecule has 0 saturated carbocycles. The van der Waals surface area contributed by atoms with E-state index < -0.39 is 14.0 Å². The van der Waals surface area contributed by atoms with Crippen molar-refractivity contribution in [2.24, 2.45) is 0 Å². The predicted octanol–water partition coefficient (Wildman–Crippen LogP) is 2.28. The minimum Gasteiger partial charge on any atom is -0.405 e. The molecule has 2 aliphatic rings. The van der Waals surface area contributed by atoms with Crippen molar-refractivity contribution in [1.29, 1.82) is 10.8 Å². The summed E-state index contributed by atoms with van der Waals surface area (Å²) >= 11 is 0. The molecule has 0 atom stereocenters. The monoisotopic (exact) mass is 282 g/mol. The molecule has 2 rings (SSSR count). The van der Waals surface area contributed by atoms with Crippen molar-refractivity contribution in [3.05, 3.63) is 0 Å². The Balaban J connectivity index is 0.000000956. The van der Waals surface area contributed by atoms with Gasteiger partial charge in [0.2, 0.25) is 0 Å². The Morgan fingerprint density at radius 1 is 0.500 bits per heavy atom. The van der Waals surface area contributed by atoms with E-state index >= 15 is 0 Å². The molecule has 112 valence electrons. The molecule has 0 spiro atoms. The summed E-state index contributed by atoms with van der Waals surface area (Å²) in [6.45, 7) is 16.2. The average Bonchev–Trinajstić information content (AvgIpc) is 2.61. The Bertz CT molecular complexity index is 330. The number of rotatable bonds is 1. The normalized spacial score (nSPS) is 28.9. The van der Waals surface area contributed by atoms with E-state index in [-0.39, 0.29) is 22.4 Å². The quantitative estimate of drug-likeness (QED) is 0.541. The van der Waals surface area contributed by atoms with E-state index in [9.17, 15) is 0 Å². The van der Waals surface area contributed by atoms with E-state index in [0.29, 0.717) is 0 Å². The largest absolute Gasteiger partial charge is 0.488 e. The molecule has 8 heteroatoms. The topological polar surface area (TPSA) is 84.5 Å².